The summed E-state index contributed by atoms with van der Waals surface area (Å²) >= 11 is 0. The van der Waals surface area contributed by atoms with Gasteiger partial charge in [0, 0.05) is 62.9 Å². The van der Waals surface area contributed by atoms with Gasteiger partial charge in [0.2, 0.25) is 0 Å². The molecule has 0 bridgehead atoms. The highest BCUT2D eigenvalue weighted by atomic mass is 16.5. The second-order valence-corrected chi connectivity index (χ2v) is 9.11. The molecule has 2 aromatic rings. The molecule has 1 N–H and O–H groups in total. The van der Waals surface area contributed by atoms with Crippen LogP contribution in [0.4, 0.5) is 5.69 Å². The summed E-state index contributed by atoms with van der Waals surface area (Å²) in [5.74, 6) is 0. The number of aromatic nitrogens is 1. The highest BCUT2D eigenvalue weighted by molar-refractivity contribution is 5.72. The minimum atomic E-state index is -0.130. The number of rotatable bonds is 6. The van der Waals surface area contributed by atoms with E-state index < -0.39 is 0 Å². The largest absolute Gasteiger partial charge is 0.393 e. The van der Waals surface area contributed by atoms with E-state index in [9.17, 15) is 5.11 Å². The van der Waals surface area contributed by atoms with Crippen LogP contribution in [0.15, 0.2) is 30.5 Å². The van der Waals surface area contributed by atoms with E-state index in [-0.39, 0.29) is 6.10 Å². The predicted octanol–water partition coefficient (Wildman–Crippen LogP) is 4.33. The van der Waals surface area contributed by atoms with Gasteiger partial charge in [-0.15, -0.1) is 0 Å². The van der Waals surface area contributed by atoms with Gasteiger partial charge in [-0.2, -0.15) is 0 Å². The zero-order valence-electron chi connectivity index (χ0n) is 19.3. The number of likely N-dealkylation sites (tertiary alicyclic amines) is 1. The molecule has 2 aliphatic heterocycles. The fourth-order valence-electron chi connectivity index (χ4n) is 4.92. The standard InChI is InChI=1S/C26H37N3O2/c1-4-29(24-9-13-31-14-10-24)26-16-22(15-19(2)20(26)3)21-5-6-23(27-17-21)18-28-11-7-25(30)8-12-28/h5-6,15-17,24-25,30H,4,7-14,18H2,1-3H3. The summed E-state index contributed by atoms with van der Waals surface area (Å²) in [7, 11) is 0. The average molecular weight is 424 g/mol. The number of anilines is 1. The van der Waals surface area contributed by atoms with Crippen molar-refractivity contribution in [1.29, 1.82) is 0 Å². The maximum absolute atomic E-state index is 9.71. The van der Waals surface area contributed by atoms with Crippen LogP contribution >= 0.6 is 0 Å². The van der Waals surface area contributed by atoms with Crippen molar-refractivity contribution in [3.8, 4) is 11.1 Å². The first-order chi connectivity index (χ1) is 15.0. The fraction of sp³-hybridized carbons (Fsp3) is 0.577. The summed E-state index contributed by atoms with van der Waals surface area (Å²) in [6.45, 7) is 12.2. The number of aliphatic hydroxyl groups is 1. The van der Waals surface area contributed by atoms with Crippen LogP contribution in [0.5, 0.6) is 0 Å². The minimum Gasteiger partial charge on any atom is -0.393 e. The summed E-state index contributed by atoms with van der Waals surface area (Å²) in [4.78, 5) is 9.73. The number of hydrogen-bond donors (Lipinski definition) is 1. The summed E-state index contributed by atoms with van der Waals surface area (Å²) in [6.07, 6.45) is 5.82. The Balaban J connectivity index is 1.53. The van der Waals surface area contributed by atoms with Gasteiger partial charge in [0.1, 0.15) is 0 Å². The van der Waals surface area contributed by atoms with Crippen LogP contribution in [-0.2, 0) is 11.3 Å². The van der Waals surface area contributed by atoms with Gasteiger partial charge < -0.3 is 14.7 Å². The smallest absolute Gasteiger partial charge is 0.0564 e. The van der Waals surface area contributed by atoms with Crippen LogP contribution in [0.2, 0.25) is 0 Å². The Kier molecular flexibility index (Phi) is 7.26. The van der Waals surface area contributed by atoms with Crippen molar-refractivity contribution in [2.24, 2.45) is 0 Å². The molecule has 4 rings (SSSR count). The fourth-order valence-corrected chi connectivity index (χ4v) is 4.92. The van der Waals surface area contributed by atoms with E-state index in [0.717, 1.165) is 70.8 Å². The molecule has 0 atom stereocenters. The normalized spacial score (nSPS) is 19.0. The molecule has 1 aromatic heterocycles. The maximum Gasteiger partial charge on any atom is 0.0564 e. The van der Waals surface area contributed by atoms with Crippen molar-refractivity contribution < 1.29 is 9.84 Å². The second kappa shape index (κ2) is 10.1. The van der Waals surface area contributed by atoms with Gasteiger partial charge in [-0.3, -0.25) is 9.88 Å². The Hall–Kier alpha value is -1.95. The summed E-state index contributed by atoms with van der Waals surface area (Å²) in [5.41, 5.74) is 7.55. The molecular weight excluding hydrogens is 386 g/mol. The van der Waals surface area contributed by atoms with Gasteiger partial charge in [-0.05, 0) is 75.3 Å². The first-order valence-corrected chi connectivity index (χ1v) is 11.9. The number of aryl methyl sites for hydroxylation is 1. The molecule has 0 radical (unpaired) electrons. The molecule has 0 spiro atoms. The number of piperidine rings is 1. The first kappa shape index (κ1) is 22.3. The van der Waals surface area contributed by atoms with Crippen molar-refractivity contribution in [2.75, 3.05) is 37.7 Å². The molecule has 2 saturated heterocycles. The van der Waals surface area contributed by atoms with Gasteiger partial charge in [0.15, 0.2) is 0 Å². The molecule has 2 aliphatic rings. The van der Waals surface area contributed by atoms with Crippen LogP contribution in [0.1, 0.15) is 49.4 Å². The summed E-state index contributed by atoms with van der Waals surface area (Å²) < 4.78 is 5.60. The Bertz CT molecular complexity index is 854. The van der Waals surface area contributed by atoms with E-state index >= 15 is 0 Å². The average Bonchev–Trinajstić information content (AvgIpc) is 2.80. The van der Waals surface area contributed by atoms with Crippen molar-refractivity contribution in [3.05, 3.63) is 47.3 Å². The van der Waals surface area contributed by atoms with Crippen molar-refractivity contribution in [1.82, 2.24) is 9.88 Å². The number of aliphatic hydroxyl groups excluding tert-OH is 1. The van der Waals surface area contributed by atoms with Gasteiger partial charge in [0.05, 0.1) is 11.8 Å². The van der Waals surface area contributed by atoms with Crippen LogP contribution < -0.4 is 4.90 Å². The zero-order chi connectivity index (χ0) is 21.8. The molecule has 31 heavy (non-hydrogen) atoms. The number of pyridine rings is 1. The van der Waals surface area contributed by atoms with Crippen molar-refractivity contribution in [2.45, 2.75) is 65.1 Å². The monoisotopic (exact) mass is 423 g/mol. The predicted molar refractivity (Wildman–Crippen MR) is 127 cm³/mol. The van der Waals surface area contributed by atoms with Gasteiger partial charge in [-0.1, -0.05) is 12.1 Å². The van der Waals surface area contributed by atoms with E-state index in [0.29, 0.717) is 6.04 Å². The van der Waals surface area contributed by atoms with E-state index in [4.69, 9.17) is 9.72 Å². The van der Waals surface area contributed by atoms with Gasteiger partial charge >= 0.3 is 0 Å². The van der Waals surface area contributed by atoms with E-state index in [1.165, 1.54) is 27.9 Å². The topological polar surface area (TPSA) is 48.8 Å². The number of ether oxygens (including phenoxy) is 1. The number of benzene rings is 1. The second-order valence-electron chi connectivity index (χ2n) is 9.11. The maximum atomic E-state index is 9.71. The van der Waals surface area contributed by atoms with E-state index in [1.807, 2.05) is 6.20 Å². The molecule has 5 heteroatoms. The summed E-state index contributed by atoms with van der Waals surface area (Å²) in [6, 6.07) is 9.56. The molecule has 2 fully saturated rings. The third kappa shape index (κ3) is 5.28. The van der Waals surface area contributed by atoms with Crippen LogP contribution in [-0.4, -0.2) is 60.0 Å². The quantitative estimate of drug-likeness (QED) is 0.750. The highest BCUT2D eigenvalue weighted by Gasteiger charge is 2.23. The SMILES string of the molecule is CCN(c1cc(-c2ccc(CN3CCC(O)CC3)nc2)cc(C)c1C)C1CCOCC1. The molecule has 0 aliphatic carbocycles. The molecule has 0 unspecified atom stereocenters. The lowest BCUT2D eigenvalue weighted by atomic mass is 9.97. The molecule has 3 heterocycles. The minimum absolute atomic E-state index is 0.130. The summed E-state index contributed by atoms with van der Waals surface area (Å²) in [5, 5.41) is 9.71. The molecular formula is C26H37N3O2. The van der Waals surface area contributed by atoms with Gasteiger partial charge in [0.25, 0.3) is 0 Å². The highest BCUT2D eigenvalue weighted by Crippen LogP contribution is 2.33. The molecule has 1 aromatic carbocycles. The van der Waals surface area contributed by atoms with Crippen molar-refractivity contribution >= 4 is 5.69 Å². The molecule has 0 amide bonds. The Labute approximate surface area is 187 Å². The zero-order valence-corrected chi connectivity index (χ0v) is 19.3. The lowest BCUT2D eigenvalue weighted by molar-refractivity contribution is 0.0787. The lowest BCUT2D eigenvalue weighted by Crippen LogP contribution is -2.39. The van der Waals surface area contributed by atoms with Crippen LogP contribution in [0, 0.1) is 13.8 Å². The molecule has 168 valence electrons. The van der Waals surface area contributed by atoms with E-state index in [1.54, 1.807) is 0 Å². The Morgan fingerprint density at radius 3 is 2.45 bits per heavy atom. The molecule has 5 nitrogen and oxygen atoms in total. The number of hydrogen-bond acceptors (Lipinski definition) is 5. The third-order valence-electron chi connectivity index (χ3n) is 7.02. The Morgan fingerprint density at radius 2 is 1.81 bits per heavy atom. The lowest BCUT2D eigenvalue weighted by Gasteiger charge is -2.37. The van der Waals surface area contributed by atoms with Crippen molar-refractivity contribution in [3.63, 3.8) is 0 Å². The third-order valence-corrected chi connectivity index (χ3v) is 7.02. The van der Waals surface area contributed by atoms with Gasteiger partial charge in [-0.25, -0.2) is 0 Å². The van der Waals surface area contributed by atoms with Crippen LogP contribution in [0.3, 0.4) is 0 Å². The van der Waals surface area contributed by atoms with Crippen LogP contribution in [0.25, 0.3) is 11.1 Å². The number of nitrogens with zero attached hydrogens (tertiary/aromatic N) is 3. The molecule has 0 saturated carbocycles. The first-order valence-electron chi connectivity index (χ1n) is 11.9. The van der Waals surface area contributed by atoms with E-state index in [2.05, 4.69) is 54.8 Å². The Morgan fingerprint density at radius 1 is 1.06 bits per heavy atom.